The molecule has 2 atom stereocenters. The summed E-state index contributed by atoms with van der Waals surface area (Å²) in [4.78, 5) is 0. The molecule has 0 saturated heterocycles. The Morgan fingerprint density at radius 3 is 2.17 bits per heavy atom. The predicted molar refractivity (Wildman–Crippen MR) is 79.6 cm³/mol. The summed E-state index contributed by atoms with van der Waals surface area (Å²) in [5.74, 6) is 1.21. The minimum absolute atomic E-state index is 0.260. The van der Waals surface area contributed by atoms with Crippen molar-refractivity contribution in [3.05, 3.63) is 0 Å². The summed E-state index contributed by atoms with van der Waals surface area (Å²) in [5, 5.41) is 3.31. The van der Waals surface area contributed by atoms with E-state index in [2.05, 4.69) is 33.0 Å². The van der Waals surface area contributed by atoms with Gasteiger partial charge in [-0.25, -0.2) is 8.42 Å². The van der Waals surface area contributed by atoms with Crippen LogP contribution in [-0.4, -0.2) is 33.0 Å². The Balaban J connectivity index is 4.14. The molecule has 0 bridgehead atoms. The third-order valence-corrected chi connectivity index (χ3v) is 5.76. The van der Waals surface area contributed by atoms with E-state index < -0.39 is 9.84 Å². The Kier molecular flexibility index (Phi) is 7.45. The highest BCUT2D eigenvalue weighted by Crippen LogP contribution is 2.29. The molecule has 0 aliphatic rings. The average molecular weight is 277 g/mol. The maximum absolute atomic E-state index is 11.4. The smallest absolute Gasteiger partial charge is 0.150 e. The number of hydrogen-bond acceptors (Lipinski definition) is 3. The molecule has 0 fully saturated rings. The summed E-state index contributed by atoms with van der Waals surface area (Å²) in [7, 11) is -0.841. The molecule has 0 aromatic rings. The minimum atomic E-state index is -2.81. The standard InChI is InChI=1S/C14H31NO2S/c1-7-18(16,17)10-8-9-13(15-6)11-12(2)14(3,4)5/h12-13,15H,7-11H2,1-6H3. The minimum Gasteiger partial charge on any atom is -0.317 e. The first-order valence-corrected chi connectivity index (χ1v) is 8.82. The highest BCUT2D eigenvalue weighted by molar-refractivity contribution is 7.91. The lowest BCUT2D eigenvalue weighted by atomic mass is 9.78. The molecule has 0 aliphatic heterocycles. The Morgan fingerprint density at radius 2 is 1.78 bits per heavy atom. The van der Waals surface area contributed by atoms with Crippen LogP contribution in [0.4, 0.5) is 0 Å². The van der Waals surface area contributed by atoms with E-state index in [4.69, 9.17) is 0 Å². The lowest BCUT2D eigenvalue weighted by Gasteiger charge is -2.30. The van der Waals surface area contributed by atoms with E-state index in [9.17, 15) is 8.42 Å². The number of sulfone groups is 1. The normalized spacial score (nSPS) is 16.6. The van der Waals surface area contributed by atoms with Crippen molar-refractivity contribution < 1.29 is 8.42 Å². The lowest BCUT2D eigenvalue weighted by Crippen LogP contribution is -2.31. The molecule has 4 heteroatoms. The number of rotatable bonds is 8. The van der Waals surface area contributed by atoms with Gasteiger partial charge in [0.05, 0.1) is 5.75 Å². The zero-order chi connectivity index (χ0) is 14.4. The van der Waals surface area contributed by atoms with E-state index in [0.29, 0.717) is 23.1 Å². The van der Waals surface area contributed by atoms with Crippen molar-refractivity contribution in [1.29, 1.82) is 0 Å². The summed E-state index contributed by atoms with van der Waals surface area (Å²) >= 11 is 0. The lowest BCUT2D eigenvalue weighted by molar-refractivity contribution is 0.221. The van der Waals surface area contributed by atoms with Crippen LogP contribution in [0.1, 0.15) is 53.9 Å². The van der Waals surface area contributed by atoms with Crippen molar-refractivity contribution >= 4 is 9.84 Å². The van der Waals surface area contributed by atoms with Gasteiger partial charge in [-0.15, -0.1) is 0 Å². The summed E-state index contributed by atoms with van der Waals surface area (Å²) in [6.07, 6.45) is 2.81. The van der Waals surface area contributed by atoms with Gasteiger partial charge in [0, 0.05) is 11.8 Å². The van der Waals surface area contributed by atoms with Gasteiger partial charge in [0.25, 0.3) is 0 Å². The number of nitrogens with one attached hydrogen (secondary N) is 1. The second-order valence-electron chi connectivity index (χ2n) is 6.37. The third-order valence-electron chi connectivity index (χ3n) is 3.97. The largest absolute Gasteiger partial charge is 0.317 e. The fourth-order valence-corrected chi connectivity index (χ4v) is 2.75. The van der Waals surface area contributed by atoms with Crippen LogP contribution in [0, 0.1) is 11.3 Å². The molecule has 0 aliphatic carbocycles. The van der Waals surface area contributed by atoms with E-state index in [0.717, 1.165) is 19.3 Å². The van der Waals surface area contributed by atoms with E-state index in [-0.39, 0.29) is 5.75 Å². The van der Waals surface area contributed by atoms with Gasteiger partial charge in [-0.2, -0.15) is 0 Å². The van der Waals surface area contributed by atoms with Gasteiger partial charge in [0.15, 0.2) is 0 Å². The van der Waals surface area contributed by atoms with Crippen molar-refractivity contribution in [2.45, 2.75) is 59.9 Å². The Bertz CT molecular complexity index is 317. The molecule has 0 amide bonds. The van der Waals surface area contributed by atoms with Crippen LogP contribution in [0.3, 0.4) is 0 Å². The fourth-order valence-electron chi connectivity index (χ4n) is 1.85. The summed E-state index contributed by atoms with van der Waals surface area (Å²) in [6.45, 7) is 10.8. The molecule has 1 N–H and O–H groups in total. The first-order chi connectivity index (χ1) is 8.12. The topological polar surface area (TPSA) is 46.2 Å². The molecular formula is C14H31NO2S. The van der Waals surface area contributed by atoms with Crippen molar-refractivity contribution in [2.75, 3.05) is 18.6 Å². The quantitative estimate of drug-likeness (QED) is 0.742. The zero-order valence-corrected chi connectivity index (χ0v) is 13.7. The highest BCUT2D eigenvalue weighted by Gasteiger charge is 2.23. The second kappa shape index (κ2) is 7.49. The van der Waals surface area contributed by atoms with E-state index >= 15 is 0 Å². The summed E-state index contributed by atoms with van der Waals surface area (Å²) in [6, 6.07) is 0.422. The van der Waals surface area contributed by atoms with Crippen LogP contribution in [0.15, 0.2) is 0 Å². The van der Waals surface area contributed by atoms with Crippen molar-refractivity contribution in [3.63, 3.8) is 0 Å². The molecule has 18 heavy (non-hydrogen) atoms. The Morgan fingerprint density at radius 1 is 1.22 bits per heavy atom. The Labute approximate surface area is 114 Å². The molecule has 0 heterocycles. The molecule has 3 nitrogen and oxygen atoms in total. The molecular weight excluding hydrogens is 246 g/mol. The second-order valence-corrected chi connectivity index (χ2v) is 8.84. The van der Waals surface area contributed by atoms with Gasteiger partial charge >= 0.3 is 0 Å². The van der Waals surface area contributed by atoms with Crippen LogP contribution in [-0.2, 0) is 9.84 Å². The SMILES string of the molecule is CCS(=O)(=O)CCCC(CC(C)C(C)(C)C)NC. The molecule has 0 rings (SSSR count). The molecule has 0 saturated carbocycles. The number of hydrogen-bond donors (Lipinski definition) is 1. The molecule has 2 unspecified atom stereocenters. The summed E-state index contributed by atoms with van der Waals surface area (Å²) in [5.41, 5.74) is 0.310. The van der Waals surface area contributed by atoms with E-state index in [1.807, 2.05) is 7.05 Å². The van der Waals surface area contributed by atoms with Gasteiger partial charge in [-0.3, -0.25) is 0 Å². The van der Waals surface area contributed by atoms with Gasteiger partial charge < -0.3 is 5.32 Å². The molecule has 0 aromatic carbocycles. The van der Waals surface area contributed by atoms with Gasteiger partial charge in [0.2, 0.25) is 0 Å². The van der Waals surface area contributed by atoms with Crippen LogP contribution >= 0.6 is 0 Å². The zero-order valence-electron chi connectivity index (χ0n) is 12.9. The maximum atomic E-state index is 11.4. The molecule has 0 radical (unpaired) electrons. The highest BCUT2D eigenvalue weighted by atomic mass is 32.2. The van der Waals surface area contributed by atoms with Crippen molar-refractivity contribution in [2.24, 2.45) is 11.3 Å². The first-order valence-electron chi connectivity index (χ1n) is 7.00. The monoisotopic (exact) mass is 277 g/mol. The van der Waals surface area contributed by atoms with E-state index in [1.54, 1.807) is 6.92 Å². The molecule has 0 spiro atoms. The van der Waals surface area contributed by atoms with Crippen LogP contribution in [0.25, 0.3) is 0 Å². The maximum Gasteiger partial charge on any atom is 0.150 e. The van der Waals surface area contributed by atoms with E-state index in [1.165, 1.54) is 0 Å². The predicted octanol–water partition coefficient (Wildman–Crippen LogP) is 2.86. The third kappa shape index (κ3) is 7.37. The first kappa shape index (κ1) is 17.9. The Hall–Kier alpha value is -0.0900. The van der Waals surface area contributed by atoms with Gasteiger partial charge in [0.1, 0.15) is 9.84 Å². The van der Waals surface area contributed by atoms with Crippen LogP contribution in [0.2, 0.25) is 0 Å². The van der Waals surface area contributed by atoms with Crippen molar-refractivity contribution in [1.82, 2.24) is 5.32 Å². The summed E-state index contributed by atoms with van der Waals surface area (Å²) < 4.78 is 22.9. The fraction of sp³-hybridized carbons (Fsp3) is 1.00. The van der Waals surface area contributed by atoms with Crippen molar-refractivity contribution in [3.8, 4) is 0 Å². The van der Waals surface area contributed by atoms with Gasteiger partial charge in [-0.05, 0) is 37.6 Å². The average Bonchev–Trinajstić information content (AvgIpc) is 2.26. The van der Waals surface area contributed by atoms with Crippen LogP contribution in [0.5, 0.6) is 0 Å². The van der Waals surface area contributed by atoms with Crippen LogP contribution < -0.4 is 5.32 Å². The molecule has 0 aromatic heterocycles. The molecule has 110 valence electrons. The van der Waals surface area contributed by atoms with Gasteiger partial charge in [-0.1, -0.05) is 34.6 Å².